The lowest BCUT2D eigenvalue weighted by Crippen LogP contribution is -2.13. The maximum absolute atomic E-state index is 12.6. The Kier molecular flexibility index (Phi) is 7.95. The highest BCUT2D eigenvalue weighted by molar-refractivity contribution is 6.31. The van der Waals surface area contributed by atoms with E-state index in [0.29, 0.717) is 36.1 Å². The third-order valence-electron chi connectivity index (χ3n) is 4.04. The van der Waals surface area contributed by atoms with Crippen LogP contribution in [0.2, 0.25) is 5.02 Å². The van der Waals surface area contributed by atoms with Crippen LogP contribution in [0.3, 0.4) is 0 Å². The van der Waals surface area contributed by atoms with Gasteiger partial charge in [-0.15, -0.1) is 0 Å². The molecule has 2 aromatic rings. The van der Waals surface area contributed by atoms with Crippen LogP contribution in [-0.4, -0.2) is 19.1 Å². The van der Waals surface area contributed by atoms with Crippen molar-refractivity contribution in [1.82, 2.24) is 0 Å². The molecule has 2 rings (SSSR count). The summed E-state index contributed by atoms with van der Waals surface area (Å²) in [6, 6.07) is 10.9. The van der Waals surface area contributed by atoms with Crippen molar-refractivity contribution in [3.63, 3.8) is 0 Å². The van der Waals surface area contributed by atoms with Crippen molar-refractivity contribution < 1.29 is 14.3 Å². The van der Waals surface area contributed by atoms with Crippen LogP contribution in [0.1, 0.15) is 48.2 Å². The highest BCUT2D eigenvalue weighted by atomic mass is 35.5. The number of hydrogen-bond donors (Lipinski definition) is 1. The van der Waals surface area contributed by atoms with Gasteiger partial charge in [-0.05, 0) is 56.2 Å². The largest absolute Gasteiger partial charge is 0.494 e. The zero-order valence-electron chi connectivity index (χ0n) is 15.6. The number of ether oxygens (including phenoxy) is 2. The van der Waals surface area contributed by atoms with Gasteiger partial charge in [-0.1, -0.05) is 31.0 Å². The fraction of sp³-hybridized carbons (Fsp3) is 0.381. The highest BCUT2D eigenvalue weighted by Gasteiger charge is 2.13. The first kappa shape index (κ1) is 20.3. The van der Waals surface area contributed by atoms with Crippen LogP contribution in [0, 0.1) is 6.92 Å². The summed E-state index contributed by atoms with van der Waals surface area (Å²) in [6.45, 7) is 7.62. The summed E-state index contributed by atoms with van der Waals surface area (Å²) >= 11 is 6.12. The van der Waals surface area contributed by atoms with Gasteiger partial charge in [0, 0.05) is 28.4 Å². The Morgan fingerprint density at radius 1 is 1.19 bits per heavy atom. The molecule has 0 aliphatic heterocycles. The van der Waals surface area contributed by atoms with Crippen LogP contribution in [0.4, 0.5) is 5.69 Å². The van der Waals surface area contributed by atoms with Crippen molar-refractivity contribution in [2.24, 2.45) is 0 Å². The first-order chi connectivity index (χ1) is 12.6. The average Bonchev–Trinajstić information content (AvgIpc) is 2.64. The summed E-state index contributed by atoms with van der Waals surface area (Å²) < 4.78 is 11.4. The number of halogens is 1. The predicted octanol–water partition coefficient (Wildman–Crippen LogP) is 5.62. The zero-order valence-corrected chi connectivity index (χ0v) is 16.4. The van der Waals surface area contributed by atoms with Crippen molar-refractivity contribution in [3.05, 3.63) is 58.1 Å². The molecule has 0 saturated heterocycles. The Balaban J connectivity index is 2.16. The van der Waals surface area contributed by atoms with E-state index in [4.69, 9.17) is 21.1 Å². The number of nitrogens with one attached hydrogen (secondary N) is 1. The molecule has 5 heteroatoms. The van der Waals surface area contributed by atoms with Gasteiger partial charge in [-0.3, -0.25) is 4.79 Å². The number of hydrogen-bond acceptors (Lipinski definition) is 3. The molecule has 2 aromatic carbocycles. The lowest BCUT2D eigenvalue weighted by Gasteiger charge is -2.14. The van der Waals surface area contributed by atoms with Crippen molar-refractivity contribution in [2.75, 3.05) is 18.5 Å². The summed E-state index contributed by atoms with van der Waals surface area (Å²) in [5.74, 6) is 0.563. The second-order valence-corrected chi connectivity index (χ2v) is 6.44. The summed E-state index contributed by atoms with van der Waals surface area (Å²) in [4.78, 5) is 12.6. The van der Waals surface area contributed by atoms with Gasteiger partial charge in [0.15, 0.2) is 0 Å². The quantitative estimate of drug-likeness (QED) is 0.579. The number of anilines is 1. The van der Waals surface area contributed by atoms with Crippen molar-refractivity contribution >= 4 is 23.2 Å². The predicted molar refractivity (Wildman–Crippen MR) is 106 cm³/mol. The Morgan fingerprint density at radius 2 is 2.00 bits per heavy atom. The van der Waals surface area contributed by atoms with Gasteiger partial charge in [-0.25, -0.2) is 0 Å². The molecule has 0 atom stereocenters. The van der Waals surface area contributed by atoms with Crippen LogP contribution in [0.15, 0.2) is 36.4 Å². The van der Waals surface area contributed by atoms with E-state index in [2.05, 4.69) is 12.2 Å². The van der Waals surface area contributed by atoms with E-state index in [1.807, 2.05) is 38.1 Å². The summed E-state index contributed by atoms with van der Waals surface area (Å²) in [6.07, 6.45) is 2.10. The molecular weight excluding hydrogens is 350 g/mol. The van der Waals surface area contributed by atoms with Crippen LogP contribution >= 0.6 is 11.6 Å². The molecular formula is C21H26ClNO3. The first-order valence-electron chi connectivity index (χ1n) is 8.96. The van der Waals surface area contributed by atoms with Gasteiger partial charge in [-0.2, -0.15) is 0 Å². The van der Waals surface area contributed by atoms with Gasteiger partial charge in [0.1, 0.15) is 5.75 Å². The normalized spacial score (nSPS) is 10.6. The van der Waals surface area contributed by atoms with Crippen LogP contribution in [0.25, 0.3) is 0 Å². The fourth-order valence-corrected chi connectivity index (χ4v) is 2.67. The van der Waals surface area contributed by atoms with Crippen molar-refractivity contribution in [2.45, 2.75) is 40.2 Å². The van der Waals surface area contributed by atoms with E-state index in [-0.39, 0.29) is 5.91 Å². The maximum Gasteiger partial charge on any atom is 0.255 e. The minimum Gasteiger partial charge on any atom is -0.494 e. The molecule has 0 heterocycles. The van der Waals surface area contributed by atoms with Crippen LogP contribution in [-0.2, 0) is 11.3 Å². The van der Waals surface area contributed by atoms with E-state index in [9.17, 15) is 4.79 Å². The Morgan fingerprint density at radius 3 is 2.73 bits per heavy atom. The Labute approximate surface area is 160 Å². The number of carbonyl (C=O) groups is 1. The lowest BCUT2D eigenvalue weighted by molar-refractivity contribution is 0.102. The number of rotatable bonds is 9. The molecule has 0 aliphatic rings. The summed E-state index contributed by atoms with van der Waals surface area (Å²) in [5, 5.41) is 3.54. The number of amides is 1. The standard InChI is InChI=1S/C21H26ClNO3/c1-4-6-12-25-14-17-13-16(10-11-20(17)26-5-2)21(24)23-19-9-7-8-18(22)15(19)3/h7-11,13H,4-6,12,14H2,1-3H3,(H,23,24). The average molecular weight is 376 g/mol. The molecule has 140 valence electrons. The van der Waals surface area contributed by atoms with Gasteiger partial charge in [0.05, 0.1) is 13.2 Å². The molecule has 1 N–H and O–H groups in total. The van der Waals surface area contributed by atoms with Gasteiger partial charge >= 0.3 is 0 Å². The monoisotopic (exact) mass is 375 g/mol. The Bertz CT molecular complexity index is 746. The Hall–Kier alpha value is -2.04. The number of unbranched alkanes of at least 4 members (excludes halogenated alkanes) is 1. The second kappa shape index (κ2) is 10.2. The highest BCUT2D eigenvalue weighted by Crippen LogP contribution is 2.25. The number of carbonyl (C=O) groups excluding carboxylic acids is 1. The SMILES string of the molecule is CCCCOCc1cc(C(=O)Nc2cccc(Cl)c2C)ccc1OCC. The van der Waals surface area contributed by atoms with Crippen molar-refractivity contribution in [3.8, 4) is 5.75 Å². The van der Waals surface area contributed by atoms with Crippen LogP contribution < -0.4 is 10.1 Å². The second-order valence-electron chi connectivity index (χ2n) is 6.03. The molecule has 4 nitrogen and oxygen atoms in total. The van der Waals surface area contributed by atoms with Gasteiger partial charge in [0.25, 0.3) is 5.91 Å². The van der Waals surface area contributed by atoms with E-state index in [1.54, 1.807) is 12.1 Å². The lowest BCUT2D eigenvalue weighted by atomic mass is 10.1. The minimum absolute atomic E-state index is 0.187. The van der Waals surface area contributed by atoms with Gasteiger partial charge < -0.3 is 14.8 Å². The van der Waals surface area contributed by atoms with E-state index < -0.39 is 0 Å². The molecule has 0 radical (unpaired) electrons. The molecule has 0 unspecified atom stereocenters. The van der Waals surface area contributed by atoms with E-state index in [1.165, 1.54) is 0 Å². The molecule has 26 heavy (non-hydrogen) atoms. The van der Waals surface area contributed by atoms with E-state index in [0.717, 1.165) is 29.7 Å². The number of benzene rings is 2. The van der Waals surface area contributed by atoms with Crippen molar-refractivity contribution in [1.29, 1.82) is 0 Å². The molecule has 0 aromatic heterocycles. The molecule has 0 fully saturated rings. The molecule has 0 aliphatic carbocycles. The maximum atomic E-state index is 12.6. The molecule has 0 bridgehead atoms. The minimum atomic E-state index is -0.187. The van der Waals surface area contributed by atoms with E-state index >= 15 is 0 Å². The molecule has 0 spiro atoms. The topological polar surface area (TPSA) is 47.6 Å². The van der Waals surface area contributed by atoms with Gasteiger partial charge in [0.2, 0.25) is 0 Å². The third kappa shape index (κ3) is 5.48. The third-order valence-corrected chi connectivity index (χ3v) is 4.45. The summed E-state index contributed by atoms with van der Waals surface area (Å²) in [5.41, 5.74) is 2.98. The molecule has 0 saturated carbocycles. The fourth-order valence-electron chi connectivity index (χ4n) is 2.50. The van der Waals surface area contributed by atoms with Crippen LogP contribution in [0.5, 0.6) is 5.75 Å². The molecule has 1 amide bonds. The zero-order chi connectivity index (χ0) is 18.9. The summed E-state index contributed by atoms with van der Waals surface area (Å²) in [7, 11) is 0. The smallest absolute Gasteiger partial charge is 0.255 e. The first-order valence-corrected chi connectivity index (χ1v) is 9.34.